The first kappa shape index (κ1) is 22.7. The van der Waals surface area contributed by atoms with Crippen LogP contribution in [0, 0.1) is 0 Å². The second-order valence-corrected chi connectivity index (χ2v) is 9.76. The Morgan fingerprint density at radius 3 is 2.37 bits per heavy atom. The minimum absolute atomic E-state index is 0.504. The quantitative estimate of drug-likeness (QED) is 0.318. The number of rotatable bonds is 6. The Labute approximate surface area is 203 Å². The average Bonchev–Trinajstić information content (AvgIpc) is 3.52. The summed E-state index contributed by atoms with van der Waals surface area (Å²) in [7, 11) is 1.94. The molecule has 5 aromatic rings. The number of nitrogens with zero attached hydrogens (tertiary/aromatic N) is 3. The van der Waals surface area contributed by atoms with Crippen LogP contribution < -0.4 is 5.32 Å². The van der Waals surface area contributed by atoms with Gasteiger partial charge in [0.15, 0.2) is 5.82 Å². The highest BCUT2D eigenvalue weighted by Gasteiger charge is 2.28. The molecule has 0 aliphatic rings. The van der Waals surface area contributed by atoms with Gasteiger partial charge in [-0.05, 0) is 44.9 Å². The largest absolute Gasteiger partial charge is 0.444 e. The average molecular weight is 471 g/mol. The molecule has 0 spiro atoms. The Morgan fingerprint density at radius 2 is 1.63 bits per heavy atom. The molecule has 2 aromatic carbocycles. The van der Waals surface area contributed by atoms with E-state index in [1.165, 1.54) is 10.9 Å². The van der Waals surface area contributed by atoms with Crippen LogP contribution in [-0.4, -0.2) is 36.4 Å². The number of carbonyl (C=O) groups is 1. The van der Waals surface area contributed by atoms with Crippen molar-refractivity contribution in [2.45, 2.75) is 45.3 Å². The van der Waals surface area contributed by atoms with Crippen LogP contribution in [0.3, 0.4) is 0 Å². The normalized spacial score (nSPS) is 12.8. The summed E-state index contributed by atoms with van der Waals surface area (Å²) in [6.45, 7) is 5.54. The number of amides is 1. The minimum Gasteiger partial charge on any atom is -0.444 e. The van der Waals surface area contributed by atoms with E-state index in [1.54, 1.807) is 0 Å². The maximum atomic E-state index is 12.8. The van der Waals surface area contributed by atoms with E-state index in [9.17, 15) is 4.79 Å². The number of fused-ring (bicyclic) bond motifs is 2. The number of hydrogen-bond donors (Lipinski definition) is 3. The maximum absolute atomic E-state index is 12.8. The van der Waals surface area contributed by atoms with Gasteiger partial charge in [0, 0.05) is 53.2 Å². The lowest BCUT2D eigenvalue weighted by molar-refractivity contribution is 0.0510. The van der Waals surface area contributed by atoms with E-state index in [-0.39, 0.29) is 0 Å². The lowest BCUT2D eigenvalue weighted by atomic mass is 10.0. The van der Waals surface area contributed by atoms with Crippen LogP contribution in [0.4, 0.5) is 4.79 Å². The lowest BCUT2D eigenvalue weighted by Gasteiger charge is -2.23. The topological polar surface area (TPSA) is 101 Å². The zero-order valence-electron chi connectivity index (χ0n) is 20.4. The Hall–Kier alpha value is -4.07. The fourth-order valence-electron chi connectivity index (χ4n) is 4.47. The molecule has 1 amide bonds. The number of carbonyl (C=O) groups excluding carboxylic acids is 1. The standard InChI is InChI=1S/C27H30N6O2/c1-27(2,3)35-26(34)30-24(20-16-29-22-12-8-6-10-19(20)22)25-32-31-23(33(25)4)14-13-17-15-28-21-11-7-5-9-18(17)21/h5-12,15-16,24,28-29H,13-14H2,1-4H3,(H,30,34)/t24-/m0/s1. The van der Waals surface area contributed by atoms with Crippen LogP contribution in [0.15, 0.2) is 60.9 Å². The van der Waals surface area contributed by atoms with Crippen molar-refractivity contribution in [2.75, 3.05) is 0 Å². The first-order valence-electron chi connectivity index (χ1n) is 11.8. The smallest absolute Gasteiger partial charge is 0.408 e. The van der Waals surface area contributed by atoms with Gasteiger partial charge < -0.3 is 24.6 Å². The third kappa shape index (κ3) is 4.64. The van der Waals surface area contributed by atoms with E-state index in [2.05, 4.69) is 43.8 Å². The fourth-order valence-corrected chi connectivity index (χ4v) is 4.47. The molecule has 35 heavy (non-hydrogen) atoms. The molecule has 0 saturated carbocycles. The molecule has 0 aliphatic carbocycles. The predicted octanol–water partition coefficient (Wildman–Crippen LogP) is 5.18. The third-order valence-corrected chi connectivity index (χ3v) is 6.14. The van der Waals surface area contributed by atoms with E-state index >= 15 is 0 Å². The molecule has 0 bridgehead atoms. The summed E-state index contributed by atoms with van der Waals surface area (Å²) in [4.78, 5) is 19.4. The summed E-state index contributed by atoms with van der Waals surface area (Å²) in [5.41, 5.74) is 3.65. The number of para-hydroxylation sites is 2. The summed E-state index contributed by atoms with van der Waals surface area (Å²) in [5.74, 6) is 1.50. The Morgan fingerprint density at radius 1 is 0.971 bits per heavy atom. The molecule has 0 unspecified atom stereocenters. The molecular weight excluding hydrogens is 440 g/mol. The van der Waals surface area contributed by atoms with Crippen LogP contribution in [-0.2, 0) is 24.6 Å². The van der Waals surface area contributed by atoms with Gasteiger partial charge in [-0.15, -0.1) is 10.2 Å². The molecule has 1 atom stereocenters. The molecule has 8 heteroatoms. The number of hydrogen-bond acceptors (Lipinski definition) is 4. The Bertz CT molecular complexity index is 1490. The van der Waals surface area contributed by atoms with Gasteiger partial charge in [0.25, 0.3) is 0 Å². The first-order valence-corrected chi connectivity index (χ1v) is 11.8. The molecule has 3 heterocycles. The molecule has 3 aromatic heterocycles. The SMILES string of the molecule is Cn1c(CCc2c[nH]c3ccccc23)nnc1[C@@H](NC(=O)OC(C)(C)C)c1c[nH]c2ccccc12. The highest BCUT2D eigenvalue weighted by molar-refractivity contribution is 5.85. The van der Waals surface area contributed by atoms with Crippen LogP contribution >= 0.6 is 0 Å². The zero-order valence-corrected chi connectivity index (χ0v) is 20.4. The van der Waals surface area contributed by atoms with Crippen molar-refractivity contribution in [1.29, 1.82) is 0 Å². The molecular formula is C27H30N6O2. The predicted molar refractivity (Wildman–Crippen MR) is 136 cm³/mol. The fraction of sp³-hybridized carbons (Fsp3) is 0.296. The number of nitrogens with one attached hydrogen (secondary N) is 3. The Balaban J connectivity index is 1.45. The van der Waals surface area contributed by atoms with Crippen molar-refractivity contribution >= 4 is 27.9 Å². The van der Waals surface area contributed by atoms with Crippen molar-refractivity contribution in [1.82, 2.24) is 30.0 Å². The van der Waals surface area contributed by atoms with Crippen molar-refractivity contribution in [3.63, 3.8) is 0 Å². The highest BCUT2D eigenvalue weighted by Crippen LogP contribution is 2.29. The van der Waals surface area contributed by atoms with E-state index < -0.39 is 17.7 Å². The number of aromatic amines is 2. The molecule has 8 nitrogen and oxygen atoms in total. The second-order valence-electron chi connectivity index (χ2n) is 9.76. The number of ether oxygens (including phenoxy) is 1. The molecule has 0 aliphatic heterocycles. The van der Waals surface area contributed by atoms with Gasteiger partial charge in [0.05, 0.1) is 0 Å². The van der Waals surface area contributed by atoms with Crippen molar-refractivity contribution in [2.24, 2.45) is 7.05 Å². The summed E-state index contributed by atoms with van der Waals surface area (Å²) >= 11 is 0. The van der Waals surface area contributed by atoms with Gasteiger partial charge in [-0.25, -0.2) is 4.79 Å². The van der Waals surface area contributed by atoms with Gasteiger partial charge >= 0.3 is 6.09 Å². The van der Waals surface area contributed by atoms with Crippen LogP contribution in [0.2, 0.25) is 0 Å². The van der Waals surface area contributed by atoms with Gasteiger partial charge in [-0.3, -0.25) is 0 Å². The number of H-pyrrole nitrogens is 2. The molecule has 180 valence electrons. The number of aryl methyl sites for hydroxylation is 2. The van der Waals surface area contributed by atoms with Crippen molar-refractivity contribution < 1.29 is 9.53 Å². The molecule has 0 radical (unpaired) electrons. The van der Waals surface area contributed by atoms with Crippen LogP contribution in [0.1, 0.15) is 49.6 Å². The summed E-state index contributed by atoms with van der Waals surface area (Å²) < 4.78 is 7.53. The van der Waals surface area contributed by atoms with E-state index in [4.69, 9.17) is 4.74 Å². The summed E-state index contributed by atoms with van der Waals surface area (Å²) in [5, 5.41) is 14.3. The monoisotopic (exact) mass is 470 g/mol. The van der Waals surface area contributed by atoms with E-state index in [0.717, 1.165) is 40.6 Å². The molecule has 0 fully saturated rings. The third-order valence-electron chi connectivity index (χ3n) is 6.14. The van der Waals surface area contributed by atoms with Crippen LogP contribution in [0.25, 0.3) is 21.8 Å². The summed E-state index contributed by atoms with van der Waals surface area (Å²) in [6.07, 6.45) is 5.01. The van der Waals surface area contributed by atoms with Gasteiger partial charge in [-0.1, -0.05) is 36.4 Å². The van der Waals surface area contributed by atoms with Crippen molar-refractivity contribution in [3.05, 3.63) is 83.7 Å². The maximum Gasteiger partial charge on any atom is 0.408 e. The van der Waals surface area contributed by atoms with Gasteiger partial charge in [0.1, 0.15) is 17.5 Å². The summed E-state index contributed by atoms with van der Waals surface area (Å²) in [6, 6.07) is 15.7. The first-order chi connectivity index (χ1) is 16.8. The zero-order chi connectivity index (χ0) is 24.6. The number of alkyl carbamates (subject to hydrolysis) is 1. The molecule has 5 rings (SSSR count). The van der Waals surface area contributed by atoms with E-state index in [1.807, 2.05) is 75.0 Å². The van der Waals surface area contributed by atoms with Crippen LogP contribution in [0.5, 0.6) is 0 Å². The van der Waals surface area contributed by atoms with E-state index in [0.29, 0.717) is 5.82 Å². The minimum atomic E-state index is -0.612. The lowest BCUT2D eigenvalue weighted by Crippen LogP contribution is -2.36. The molecule has 3 N–H and O–H groups in total. The number of aromatic nitrogens is 5. The highest BCUT2D eigenvalue weighted by atomic mass is 16.6. The van der Waals surface area contributed by atoms with Crippen molar-refractivity contribution in [3.8, 4) is 0 Å². The second kappa shape index (κ2) is 8.94. The Kier molecular flexibility index (Phi) is 5.80. The molecule has 0 saturated heterocycles. The van der Waals surface area contributed by atoms with Gasteiger partial charge in [-0.2, -0.15) is 0 Å². The van der Waals surface area contributed by atoms with Gasteiger partial charge in [0.2, 0.25) is 0 Å². The number of benzene rings is 2.